The minimum atomic E-state index is -0.745. The van der Waals surface area contributed by atoms with Crippen LogP contribution in [0, 0.1) is 0 Å². The summed E-state index contributed by atoms with van der Waals surface area (Å²) >= 11 is 2.40. The van der Waals surface area contributed by atoms with E-state index in [0.717, 1.165) is 44.7 Å². The van der Waals surface area contributed by atoms with E-state index in [1.54, 1.807) is 6.92 Å². The van der Waals surface area contributed by atoms with E-state index >= 15 is 0 Å². The predicted octanol–water partition coefficient (Wildman–Crippen LogP) is 4.71. The van der Waals surface area contributed by atoms with Gasteiger partial charge in [0.2, 0.25) is 0 Å². The number of amides is 1. The molecule has 0 fully saturated rings. The molecule has 1 aliphatic rings. The van der Waals surface area contributed by atoms with E-state index < -0.39 is 5.97 Å². The number of benzene rings is 3. The van der Waals surface area contributed by atoms with E-state index in [4.69, 9.17) is 5.11 Å². The number of amidine groups is 1. The molecule has 3 aromatic rings. The molecule has 0 bridgehead atoms. The third-order valence-electron chi connectivity index (χ3n) is 4.54. The van der Waals surface area contributed by atoms with Crippen molar-refractivity contribution in [1.29, 1.82) is 0 Å². The maximum atomic E-state index is 12.2. The van der Waals surface area contributed by atoms with Crippen LogP contribution in [0.3, 0.4) is 0 Å². The molecule has 2 N–H and O–H groups in total. The van der Waals surface area contributed by atoms with Crippen molar-refractivity contribution in [2.24, 2.45) is 4.99 Å². The van der Waals surface area contributed by atoms with E-state index in [0.29, 0.717) is 10.1 Å². The summed E-state index contributed by atoms with van der Waals surface area (Å²) in [7, 11) is 0. The number of nitrogens with zero attached hydrogens (tertiary/aromatic N) is 1. The Morgan fingerprint density at radius 1 is 1.00 bits per heavy atom. The number of aliphatic imine (C=N–C) groups is 1. The normalized spacial score (nSPS) is 13.9. The molecule has 0 radical (unpaired) electrons. The van der Waals surface area contributed by atoms with Crippen LogP contribution in [0.2, 0.25) is 0 Å². The second-order valence-corrected chi connectivity index (χ2v) is 9.24. The van der Waals surface area contributed by atoms with E-state index in [1.807, 2.05) is 48.5 Å². The van der Waals surface area contributed by atoms with E-state index in [1.165, 1.54) is 20.1 Å². The fourth-order valence-electron chi connectivity index (χ4n) is 2.78. The van der Waals surface area contributed by atoms with Gasteiger partial charge in [-0.15, -0.1) is 0 Å². The molecule has 0 aliphatic carbocycles. The molecule has 1 amide bonds. The first-order valence-electron chi connectivity index (χ1n) is 10.2. The Balaban J connectivity index is 0.000000523. The van der Waals surface area contributed by atoms with Gasteiger partial charge in [0.25, 0.3) is 0 Å². The van der Waals surface area contributed by atoms with Crippen LogP contribution in [0.5, 0.6) is 0 Å². The maximum absolute atomic E-state index is 12.2. The van der Waals surface area contributed by atoms with Crippen molar-refractivity contribution in [2.75, 3.05) is 5.32 Å². The van der Waals surface area contributed by atoms with Crippen LogP contribution in [0.25, 0.3) is 17.2 Å². The number of aliphatic carboxylic acids is 1. The number of carbonyl (C=O) groups is 2. The molecule has 3 aromatic carbocycles. The number of anilines is 1. The molecule has 0 saturated carbocycles. The van der Waals surface area contributed by atoms with Crippen LogP contribution in [0.4, 0.5) is 5.69 Å². The molecule has 156 valence electrons. The molecule has 1 heterocycles. The van der Waals surface area contributed by atoms with Crippen LogP contribution >= 0.6 is 11.8 Å². The summed E-state index contributed by atoms with van der Waals surface area (Å²) in [4.78, 5) is 26.3. The average Bonchev–Trinajstić information content (AvgIpc) is 3.15. The molecule has 32 heavy (non-hydrogen) atoms. The molecule has 0 atom stereocenters. The van der Waals surface area contributed by atoms with Crippen molar-refractivity contribution < 1.29 is 14.7 Å². The van der Waals surface area contributed by atoms with Gasteiger partial charge in [-0.2, -0.15) is 0 Å². The Labute approximate surface area is 209 Å². The summed E-state index contributed by atoms with van der Waals surface area (Å²) in [6.07, 6.45) is 2.11. The molecule has 1 aliphatic heterocycles. The number of thioether (sulfide) groups is 1. The summed E-state index contributed by atoms with van der Waals surface area (Å²) in [5.41, 5.74) is 4.27. The first-order valence-corrected chi connectivity index (χ1v) is 12.0. The van der Waals surface area contributed by atoms with E-state index in [2.05, 4.69) is 46.7 Å². The Morgan fingerprint density at radius 3 is 2.19 bits per heavy atom. The van der Waals surface area contributed by atoms with Gasteiger partial charge in [0.05, 0.1) is 0 Å². The van der Waals surface area contributed by atoms with Crippen LogP contribution < -0.4 is 8.13 Å². The predicted molar refractivity (Wildman–Crippen MR) is 133 cm³/mol. The number of carboxylic acids is 1. The van der Waals surface area contributed by atoms with E-state index in [9.17, 15) is 9.59 Å². The van der Waals surface area contributed by atoms with Crippen molar-refractivity contribution >= 4 is 71.3 Å². The van der Waals surface area contributed by atoms with Crippen molar-refractivity contribution in [3.05, 3.63) is 89.3 Å². The first kappa shape index (κ1) is 24.0. The molecule has 0 saturated heterocycles. The zero-order chi connectivity index (χ0) is 22.9. The second kappa shape index (κ2) is 11.8. The van der Waals surface area contributed by atoms with Crippen LogP contribution in [-0.4, -0.2) is 50.1 Å². The molecule has 7 heteroatoms. The monoisotopic (exact) mass is 452 g/mol. The summed E-state index contributed by atoms with van der Waals surface area (Å²) in [5, 5.41) is 11.6. The van der Waals surface area contributed by atoms with Gasteiger partial charge in [-0.1, -0.05) is 37.3 Å². The van der Waals surface area contributed by atoms with Gasteiger partial charge < -0.3 is 5.11 Å². The number of carboxylic acid groups (broad SMARTS) is 1. The summed E-state index contributed by atoms with van der Waals surface area (Å²) in [5.74, 6) is -0.945. The molecule has 0 unspecified atom stereocenters. The van der Waals surface area contributed by atoms with Crippen LogP contribution in [-0.2, 0) is 9.59 Å². The SMILES string of the molecule is CCC(=O)O.O=C1N=C(Nc2cc[c]([Na])cc2)SC1=Cc1ccc(-c2ccccc2)cc1. The standard InChI is InChI=1S/C22H15N2OS.C3H6O2.Na/c25-21-20(26-22(24-21)23-19-9-5-2-6-10-19)15-16-11-13-18(14-12-16)17-7-3-1-4-8-17;1-2-3(4)5;/h1,3-15H,(H,23,24,25);2H2,1H3,(H,4,5);. The van der Waals surface area contributed by atoms with Gasteiger partial charge in [-0.25, -0.2) is 0 Å². The fraction of sp³-hybridized carbons (Fsp3) is 0.0800. The molecule has 0 spiro atoms. The van der Waals surface area contributed by atoms with Gasteiger partial charge in [-0.3, -0.25) is 4.79 Å². The van der Waals surface area contributed by atoms with Crippen LogP contribution in [0.15, 0.2) is 88.8 Å². The van der Waals surface area contributed by atoms with E-state index in [-0.39, 0.29) is 12.3 Å². The van der Waals surface area contributed by atoms with Gasteiger partial charge in [-0.05, 0) is 11.1 Å². The molecule has 4 rings (SSSR count). The first-order chi connectivity index (χ1) is 15.4. The number of nitrogens with one attached hydrogen (secondary N) is 1. The zero-order valence-electron chi connectivity index (χ0n) is 17.9. The fourth-order valence-corrected chi connectivity index (χ4v) is 3.94. The number of hydrogen-bond acceptors (Lipinski definition) is 4. The van der Waals surface area contributed by atoms with Gasteiger partial charge in [0.1, 0.15) is 0 Å². The van der Waals surface area contributed by atoms with Crippen molar-refractivity contribution in [2.45, 2.75) is 13.3 Å². The number of rotatable bonds is 4. The second-order valence-electron chi connectivity index (χ2n) is 7.06. The summed E-state index contributed by atoms with van der Waals surface area (Å²) in [6, 6.07) is 26.6. The third-order valence-corrected chi connectivity index (χ3v) is 6.11. The molecular formula is C25H21N2NaO3S. The summed E-state index contributed by atoms with van der Waals surface area (Å²) in [6.45, 7) is 1.60. The van der Waals surface area contributed by atoms with Crippen molar-refractivity contribution in [1.82, 2.24) is 0 Å². The van der Waals surface area contributed by atoms with Gasteiger partial charge in [0.15, 0.2) is 0 Å². The Kier molecular flexibility index (Phi) is 8.88. The number of carbonyl (C=O) groups excluding carboxylic acids is 1. The Morgan fingerprint density at radius 2 is 1.59 bits per heavy atom. The average molecular weight is 453 g/mol. The van der Waals surface area contributed by atoms with Gasteiger partial charge in [0, 0.05) is 6.42 Å². The number of hydrogen-bond donors (Lipinski definition) is 2. The van der Waals surface area contributed by atoms with Crippen LogP contribution in [0.1, 0.15) is 18.9 Å². The molecule has 5 nitrogen and oxygen atoms in total. The van der Waals surface area contributed by atoms with Crippen molar-refractivity contribution in [3.8, 4) is 11.1 Å². The molecule has 0 aromatic heterocycles. The topological polar surface area (TPSA) is 78.8 Å². The zero-order valence-corrected chi connectivity index (χ0v) is 20.7. The third kappa shape index (κ3) is 7.21. The Bertz CT molecular complexity index is 1140. The summed E-state index contributed by atoms with van der Waals surface area (Å²) < 4.78 is 1.33. The minimum absolute atomic E-state index is 0.200. The van der Waals surface area contributed by atoms with Crippen molar-refractivity contribution in [3.63, 3.8) is 0 Å². The Hall–Kier alpha value is -2.64. The van der Waals surface area contributed by atoms with Gasteiger partial charge >= 0.3 is 145 Å². The quantitative estimate of drug-likeness (QED) is 0.443. The molecular weight excluding hydrogens is 431 g/mol.